The molecule has 2 amide bonds. The summed E-state index contributed by atoms with van der Waals surface area (Å²) in [4.78, 5) is 24.1. The SMILES string of the molecule is CC(C)[C@H](N)C(=O)NCC(=O)NC(c1ccc(Cl)cc1)C1CCC1. The third-order valence-electron chi connectivity index (χ3n) is 4.61. The molecule has 1 fully saturated rings. The van der Waals surface area contributed by atoms with Crippen molar-refractivity contribution in [3.05, 3.63) is 34.9 Å². The van der Waals surface area contributed by atoms with Crippen molar-refractivity contribution in [2.24, 2.45) is 17.6 Å². The summed E-state index contributed by atoms with van der Waals surface area (Å²) in [5, 5.41) is 6.32. The Morgan fingerprint density at radius 1 is 1.25 bits per heavy atom. The van der Waals surface area contributed by atoms with Crippen LogP contribution in [-0.4, -0.2) is 24.4 Å². The van der Waals surface area contributed by atoms with Gasteiger partial charge in [-0.25, -0.2) is 0 Å². The lowest BCUT2D eigenvalue weighted by Gasteiger charge is -2.34. The molecule has 0 spiro atoms. The van der Waals surface area contributed by atoms with E-state index in [1.54, 1.807) is 0 Å². The normalized spacial score (nSPS) is 17.0. The van der Waals surface area contributed by atoms with Crippen molar-refractivity contribution < 1.29 is 9.59 Å². The van der Waals surface area contributed by atoms with E-state index in [1.165, 1.54) is 6.42 Å². The smallest absolute Gasteiger partial charge is 0.239 e. The summed E-state index contributed by atoms with van der Waals surface area (Å²) in [5.74, 6) is -0.0356. The lowest BCUT2D eigenvalue weighted by molar-refractivity contribution is -0.128. The van der Waals surface area contributed by atoms with Crippen LogP contribution in [0.25, 0.3) is 0 Å². The maximum Gasteiger partial charge on any atom is 0.239 e. The molecule has 0 aliphatic heterocycles. The van der Waals surface area contributed by atoms with Crippen LogP contribution in [0.5, 0.6) is 0 Å². The highest BCUT2D eigenvalue weighted by atomic mass is 35.5. The molecule has 0 saturated heterocycles. The van der Waals surface area contributed by atoms with Gasteiger partial charge in [0.05, 0.1) is 18.6 Å². The van der Waals surface area contributed by atoms with Crippen LogP contribution in [0.1, 0.15) is 44.7 Å². The molecule has 6 heteroatoms. The van der Waals surface area contributed by atoms with Crippen molar-refractivity contribution in [3.8, 4) is 0 Å². The second kappa shape index (κ2) is 8.49. The molecule has 1 saturated carbocycles. The first kappa shape index (κ1) is 18.7. The predicted octanol–water partition coefficient (Wildman–Crippen LogP) is 2.40. The third kappa shape index (κ3) is 4.95. The van der Waals surface area contributed by atoms with Crippen LogP contribution in [0.15, 0.2) is 24.3 Å². The summed E-state index contributed by atoms with van der Waals surface area (Å²) in [5.41, 5.74) is 6.82. The minimum Gasteiger partial charge on any atom is -0.347 e. The highest BCUT2D eigenvalue weighted by molar-refractivity contribution is 6.30. The van der Waals surface area contributed by atoms with Crippen LogP contribution in [0.4, 0.5) is 0 Å². The lowest BCUT2D eigenvalue weighted by Crippen LogP contribution is -2.48. The number of halogens is 1. The monoisotopic (exact) mass is 351 g/mol. The van der Waals surface area contributed by atoms with Gasteiger partial charge < -0.3 is 16.4 Å². The molecule has 2 atom stereocenters. The molecule has 0 aromatic heterocycles. The van der Waals surface area contributed by atoms with E-state index in [-0.39, 0.29) is 30.3 Å². The van der Waals surface area contributed by atoms with Crippen LogP contribution in [-0.2, 0) is 9.59 Å². The minimum atomic E-state index is -0.600. The van der Waals surface area contributed by atoms with E-state index in [2.05, 4.69) is 10.6 Å². The first-order valence-electron chi connectivity index (χ1n) is 8.46. The Morgan fingerprint density at radius 3 is 2.38 bits per heavy atom. The van der Waals surface area contributed by atoms with E-state index in [0.29, 0.717) is 10.9 Å². The molecule has 4 N–H and O–H groups in total. The Morgan fingerprint density at radius 2 is 1.88 bits per heavy atom. The van der Waals surface area contributed by atoms with Gasteiger partial charge in [-0.05, 0) is 42.4 Å². The summed E-state index contributed by atoms with van der Waals surface area (Å²) in [6.45, 7) is 3.69. The molecular formula is C18H26ClN3O2. The molecule has 1 unspecified atom stereocenters. The van der Waals surface area contributed by atoms with Crippen LogP contribution in [0.3, 0.4) is 0 Å². The summed E-state index contributed by atoms with van der Waals surface area (Å²) in [6, 6.07) is 6.91. The van der Waals surface area contributed by atoms with Crippen molar-refractivity contribution in [2.75, 3.05) is 6.54 Å². The van der Waals surface area contributed by atoms with Gasteiger partial charge in [-0.15, -0.1) is 0 Å². The number of nitrogens with two attached hydrogens (primary N) is 1. The van der Waals surface area contributed by atoms with Crippen LogP contribution >= 0.6 is 11.6 Å². The average Bonchev–Trinajstić information content (AvgIpc) is 2.50. The van der Waals surface area contributed by atoms with Crippen molar-refractivity contribution in [1.82, 2.24) is 10.6 Å². The number of carbonyl (C=O) groups excluding carboxylic acids is 2. The fourth-order valence-corrected chi connectivity index (χ4v) is 2.86. The molecule has 0 radical (unpaired) electrons. The second-order valence-electron chi connectivity index (χ2n) is 6.78. The summed E-state index contributed by atoms with van der Waals surface area (Å²) in [6.07, 6.45) is 3.38. The summed E-state index contributed by atoms with van der Waals surface area (Å²) < 4.78 is 0. The number of hydrogen-bond acceptors (Lipinski definition) is 3. The minimum absolute atomic E-state index is 0.0323. The van der Waals surface area contributed by atoms with E-state index >= 15 is 0 Å². The quantitative estimate of drug-likeness (QED) is 0.705. The molecule has 1 aliphatic carbocycles. The Labute approximate surface area is 148 Å². The van der Waals surface area contributed by atoms with Gasteiger partial charge in [0, 0.05) is 5.02 Å². The zero-order valence-corrected chi connectivity index (χ0v) is 15.0. The number of hydrogen-bond donors (Lipinski definition) is 3. The van der Waals surface area contributed by atoms with Crippen LogP contribution in [0.2, 0.25) is 5.02 Å². The van der Waals surface area contributed by atoms with Gasteiger partial charge in [0.2, 0.25) is 11.8 Å². The molecule has 24 heavy (non-hydrogen) atoms. The van der Waals surface area contributed by atoms with Crippen LogP contribution < -0.4 is 16.4 Å². The van der Waals surface area contributed by atoms with Gasteiger partial charge in [-0.2, -0.15) is 0 Å². The maximum atomic E-state index is 12.2. The summed E-state index contributed by atoms with van der Waals surface area (Å²) >= 11 is 5.94. The fourth-order valence-electron chi connectivity index (χ4n) is 2.73. The van der Waals surface area contributed by atoms with E-state index in [0.717, 1.165) is 18.4 Å². The number of carbonyl (C=O) groups is 2. The molecule has 1 aromatic carbocycles. The Hall–Kier alpha value is -1.59. The summed E-state index contributed by atoms with van der Waals surface area (Å²) in [7, 11) is 0. The molecule has 2 rings (SSSR count). The highest BCUT2D eigenvalue weighted by Crippen LogP contribution is 2.37. The maximum absolute atomic E-state index is 12.2. The fraction of sp³-hybridized carbons (Fsp3) is 0.556. The van der Waals surface area contributed by atoms with Crippen molar-refractivity contribution in [3.63, 3.8) is 0 Å². The van der Waals surface area contributed by atoms with Gasteiger partial charge in [-0.3, -0.25) is 9.59 Å². The van der Waals surface area contributed by atoms with Gasteiger partial charge in [0.1, 0.15) is 0 Å². The van der Waals surface area contributed by atoms with Gasteiger partial charge in [0.15, 0.2) is 0 Å². The Balaban J connectivity index is 1.93. The van der Waals surface area contributed by atoms with E-state index in [9.17, 15) is 9.59 Å². The molecular weight excluding hydrogens is 326 g/mol. The molecule has 1 aromatic rings. The molecule has 5 nitrogen and oxygen atoms in total. The van der Waals surface area contributed by atoms with E-state index in [1.807, 2.05) is 38.1 Å². The topological polar surface area (TPSA) is 84.2 Å². The molecule has 132 valence electrons. The number of nitrogens with one attached hydrogen (secondary N) is 2. The average molecular weight is 352 g/mol. The van der Waals surface area contributed by atoms with E-state index in [4.69, 9.17) is 17.3 Å². The van der Waals surface area contributed by atoms with Gasteiger partial charge in [0.25, 0.3) is 0 Å². The standard InChI is InChI=1S/C18H26ClN3O2/c1-11(2)16(20)18(24)21-10-15(23)22-17(12-4-3-5-12)13-6-8-14(19)9-7-13/h6-9,11-12,16-17H,3-5,10,20H2,1-2H3,(H,21,24)(H,22,23)/t16-,17?/m0/s1. The Kier molecular flexibility index (Phi) is 6.63. The van der Waals surface area contributed by atoms with Gasteiger partial charge in [-0.1, -0.05) is 44.0 Å². The van der Waals surface area contributed by atoms with Crippen molar-refractivity contribution in [1.29, 1.82) is 0 Å². The predicted molar refractivity (Wildman–Crippen MR) is 95.5 cm³/mol. The molecule has 0 heterocycles. The molecule has 1 aliphatic rings. The third-order valence-corrected chi connectivity index (χ3v) is 4.86. The zero-order chi connectivity index (χ0) is 17.7. The zero-order valence-electron chi connectivity index (χ0n) is 14.2. The highest BCUT2D eigenvalue weighted by Gasteiger charge is 2.30. The number of benzene rings is 1. The second-order valence-corrected chi connectivity index (χ2v) is 7.21. The molecule has 0 bridgehead atoms. The van der Waals surface area contributed by atoms with Crippen molar-refractivity contribution in [2.45, 2.75) is 45.2 Å². The Bertz CT molecular complexity index is 570. The van der Waals surface area contributed by atoms with E-state index < -0.39 is 6.04 Å². The number of amides is 2. The van der Waals surface area contributed by atoms with Gasteiger partial charge >= 0.3 is 0 Å². The largest absolute Gasteiger partial charge is 0.347 e. The number of rotatable bonds is 7. The lowest BCUT2D eigenvalue weighted by atomic mass is 9.77. The first-order valence-corrected chi connectivity index (χ1v) is 8.84. The van der Waals surface area contributed by atoms with Crippen LogP contribution in [0, 0.1) is 11.8 Å². The first-order chi connectivity index (χ1) is 11.4. The van der Waals surface area contributed by atoms with Crippen molar-refractivity contribution >= 4 is 23.4 Å².